The first-order chi connectivity index (χ1) is 11.7. The van der Waals surface area contributed by atoms with Gasteiger partial charge in [-0.3, -0.25) is 4.90 Å². The predicted octanol–water partition coefficient (Wildman–Crippen LogP) is 4.11. The summed E-state index contributed by atoms with van der Waals surface area (Å²) in [4.78, 5) is 14.0. The number of rotatable bonds is 4. The van der Waals surface area contributed by atoms with E-state index in [1.54, 1.807) is 0 Å². The lowest BCUT2D eigenvalue weighted by molar-refractivity contribution is 0.126. The Morgan fingerprint density at radius 1 is 1.21 bits per heavy atom. The fraction of sp³-hybridized carbons (Fsp3) is 0.450. The molecule has 128 valence electrons. The average Bonchev–Trinajstić information content (AvgIpc) is 2.61. The Labute approximate surface area is 143 Å². The van der Waals surface area contributed by atoms with Gasteiger partial charge in [0.05, 0.1) is 6.61 Å². The molecule has 24 heavy (non-hydrogen) atoms. The summed E-state index contributed by atoms with van der Waals surface area (Å²) < 4.78 is 4.97. The maximum absolute atomic E-state index is 11.5. The van der Waals surface area contributed by atoms with Gasteiger partial charge in [-0.2, -0.15) is 0 Å². The van der Waals surface area contributed by atoms with Gasteiger partial charge in [0, 0.05) is 25.2 Å². The minimum atomic E-state index is -0.293. The summed E-state index contributed by atoms with van der Waals surface area (Å²) >= 11 is 0. The van der Waals surface area contributed by atoms with E-state index in [0.29, 0.717) is 12.6 Å². The van der Waals surface area contributed by atoms with E-state index in [2.05, 4.69) is 59.6 Å². The van der Waals surface area contributed by atoms with Crippen molar-refractivity contribution in [2.24, 2.45) is 0 Å². The highest BCUT2D eigenvalue weighted by molar-refractivity contribution is 5.83. The molecule has 0 aliphatic carbocycles. The number of amides is 1. The highest BCUT2D eigenvalue weighted by atomic mass is 16.5. The SMILES string of the molecule is CCOC(=O)NC1CCN([C@H](C)c2ccc3ccccc3c2)CC1. The lowest BCUT2D eigenvalue weighted by Gasteiger charge is -2.36. The third-order valence-electron chi connectivity index (χ3n) is 4.93. The zero-order valence-corrected chi connectivity index (χ0v) is 14.5. The fourth-order valence-corrected chi connectivity index (χ4v) is 3.45. The molecule has 0 aromatic heterocycles. The molecule has 1 N–H and O–H groups in total. The highest BCUT2D eigenvalue weighted by Crippen LogP contribution is 2.27. The number of fused-ring (bicyclic) bond motifs is 1. The van der Waals surface area contributed by atoms with Gasteiger partial charge in [0.1, 0.15) is 0 Å². The maximum atomic E-state index is 11.5. The molecule has 2 aromatic rings. The molecular weight excluding hydrogens is 300 g/mol. The normalized spacial score (nSPS) is 17.6. The minimum Gasteiger partial charge on any atom is -0.450 e. The molecule has 0 spiro atoms. The molecule has 1 aliphatic rings. The van der Waals surface area contributed by atoms with Crippen molar-refractivity contribution in [3.63, 3.8) is 0 Å². The van der Waals surface area contributed by atoms with Crippen LogP contribution in [0.15, 0.2) is 42.5 Å². The van der Waals surface area contributed by atoms with Gasteiger partial charge in [0.15, 0.2) is 0 Å². The second kappa shape index (κ2) is 7.67. The Bertz CT molecular complexity index is 693. The summed E-state index contributed by atoms with van der Waals surface area (Å²) in [6.07, 6.45) is 1.64. The molecule has 1 fully saturated rings. The summed E-state index contributed by atoms with van der Waals surface area (Å²) in [6, 6.07) is 15.8. The molecule has 0 saturated carbocycles. The number of nitrogens with one attached hydrogen (secondary N) is 1. The van der Waals surface area contributed by atoms with E-state index in [9.17, 15) is 4.79 Å². The van der Waals surface area contributed by atoms with Gasteiger partial charge in [-0.25, -0.2) is 4.79 Å². The molecule has 1 atom stereocenters. The van der Waals surface area contributed by atoms with Crippen molar-refractivity contribution in [1.29, 1.82) is 0 Å². The van der Waals surface area contributed by atoms with Gasteiger partial charge in [0.2, 0.25) is 0 Å². The van der Waals surface area contributed by atoms with Gasteiger partial charge in [-0.1, -0.05) is 36.4 Å². The summed E-state index contributed by atoms with van der Waals surface area (Å²) in [7, 11) is 0. The van der Waals surface area contributed by atoms with Crippen LogP contribution in [-0.2, 0) is 4.74 Å². The molecule has 2 aromatic carbocycles. The molecular formula is C20H26N2O2. The summed E-state index contributed by atoms with van der Waals surface area (Å²) in [5.41, 5.74) is 1.35. The van der Waals surface area contributed by atoms with Gasteiger partial charge in [0.25, 0.3) is 0 Å². The van der Waals surface area contributed by atoms with Crippen LogP contribution in [0.3, 0.4) is 0 Å². The first kappa shape index (κ1) is 16.8. The number of hydrogen-bond donors (Lipinski definition) is 1. The topological polar surface area (TPSA) is 41.6 Å². The Kier molecular flexibility index (Phi) is 5.36. The summed E-state index contributed by atoms with van der Waals surface area (Å²) in [5, 5.41) is 5.53. The number of nitrogens with zero attached hydrogens (tertiary/aromatic N) is 1. The van der Waals surface area contributed by atoms with E-state index in [1.807, 2.05) is 6.92 Å². The molecule has 1 aliphatic heterocycles. The van der Waals surface area contributed by atoms with Crippen LogP contribution in [0.1, 0.15) is 38.3 Å². The van der Waals surface area contributed by atoms with Crippen LogP contribution < -0.4 is 5.32 Å². The lowest BCUT2D eigenvalue weighted by Crippen LogP contribution is -2.45. The van der Waals surface area contributed by atoms with Crippen LogP contribution in [0.2, 0.25) is 0 Å². The number of piperidine rings is 1. The number of carbonyl (C=O) groups is 1. The van der Waals surface area contributed by atoms with E-state index in [4.69, 9.17) is 4.74 Å². The molecule has 1 saturated heterocycles. The van der Waals surface area contributed by atoms with Crippen LogP contribution in [0.4, 0.5) is 4.79 Å². The molecule has 3 rings (SSSR count). The molecule has 4 heteroatoms. The fourth-order valence-electron chi connectivity index (χ4n) is 3.45. The average molecular weight is 326 g/mol. The van der Waals surface area contributed by atoms with Crippen molar-refractivity contribution in [3.05, 3.63) is 48.0 Å². The largest absolute Gasteiger partial charge is 0.450 e. The predicted molar refractivity (Wildman–Crippen MR) is 97.1 cm³/mol. The molecule has 0 bridgehead atoms. The maximum Gasteiger partial charge on any atom is 0.407 e. The Morgan fingerprint density at radius 3 is 2.62 bits per heavy atom. The highest BCUT2D eigenvalue weighted by Gasteiger charge is 2.24. The lowest BCUT2D eigenvalue weighted by atomic mass is 9.98. The van der Waals surface area contributed by atoms with E-state index in [1.165, 1.54) is 16.3 Å². The van der Waals surface area contributed by atoms with Crippen LogP contribution in [0.5, 0.6) is 0 Å². The number of alkyl carbamates (subject to hydrolysis) is 1. The van der Waals surface area contributed by atoms with E-state index >= 15 is 0 Å². The van der Waals surface area contributed by atoms with Gasteiger partial charge in [-0.15, -0.1) is 0 Å². The smallest absolute Gasteiger partial charge is 0.407 e. The van der Waals surface area contributed by atoms with Crippen molar-refractivity contribution in [3.8, 4) is 0 Å². The monoisotopic (exact) mass is 326 g/mol. The zero-order chi connectivity index (χ0) is 16.9. The molecule has 4 nitrogen and oxygen atoms in total. The molecule has 1 amide bonds. The minimum absolute atomic E-state index is 0.226. The first-order valence-electron chi connectivity index (χ1n) is 8.83. The van der Waals surface area contributed by atoms with Crippen molar-refractivity contribution >= 4 is 16.9 Å². The Morgan fingerprint density at radius 2 is 1.92 bits per heavy atom. The zero-order valence-electron chi connectivity index (χ0n) is 14.5. The number of benzene rings is 2. The van der Waals surface area contributed by atoms with Crippen molar-refractivity contribution in [2.45, 2.75) is 38.8 Å². The first-order valence-corrected chi connectivity index (χ1v) is 8.83. The van der Waals surface area contributed by atoms with Crippen molar-refractivity contribution < 1.29 is 9.53 Å². The number of likely N-dealkylation sites (tertiary alicyclic amines) is 1. The third-order valence-corrected chi connectivity index (χ3v) is 4.93. The molecule has 0 radical (unpaired) electrons. The van der Waals surface area contributed by atoms with Gasteiger partial charge >= 0.3 is 6.09 Å². The Hall–Kier alpha value is -2.07. The standard InChI is InChI=1S/C20H26N2O2/c1-3-24-20(23)21-19-10-12-22(13-11-19)15(2)17-9-8-16-6-4-5-7-18(16)14-17/h4-9,14-15,19H,3,10-13H2,1-2H3,(H,21,23)/t15-/m1/s1. The second-order valence-corrected chi connectivity index (χ2v) is 6.46. The van der Waals surface area contributed by atoms with Crippen LogP contribution in [0, 0.1) is 0 Å². The number of ether oxygens (including phenoxy) is 1. The number of carbonyl (C=O) groups excluding carboxylic acids is 1. The van der Waals surface area contributed by atoms with E-state index < -0.39 is 0 Å². The van der Waals surface area contributed by atoms with Gasteiger partial charge in [-0.05, 0) is 49.1 Å². The van der Waals surface area contributed by atoms with Crippen LogP contribution in [0.25, 0.3) is 10.8 Å². The van der Waals surface area contributed by atoms with Crippen LogP contribution >= 0.6 is 0 Å². The van der Waals surface area contributed by atoms with E-state index in [-0.39, 0.29) is 12.1 Å². The molecule has 0 unspecified atom stereocenters. The summed E-state index contributed by atoms with van der Waals surface area (Å²) in [5.74, 6) is 0. The van der Waals surface area contributed by atoms with E-state index in [0.717, 1.165) is 25.9 Å². The second-order valence-electron chi connectivity index (χ2n) is 6.46. The third kappa shape index (κ3) is 3.88. The van der Waals surface area contributed by atoms with Gasteiger partial charge < -0.3 is 10.1 Å². The Balaban J connectivity index is 1.59. The molecule has 1 heterocycles. The van der Waals surface area contributed by atoms with Crippen molar-refractivity contribution in [2.75, 3.05) is 19.7 Å². The van der Waals surface area contributed by atoms with Crippen molar-refractivity contribution in [1.82, 2.24) is 10.2 Å². The van der Waals surface area contributed by atoms with Crippen LogP contribution in [-0.4, -0.2) is 36.7 Å². The summed E-state index contributed by atoms with van der Waals surface area (Å²) in [6.45, 7) is 6.50. The quantitative estimate of drug-likeness (QED) is 0.919. The number of hydrogen-bond acceptors (Lipinski definition) is 3.